The van der Waals surface area contributed by atoms with Crippen LogP contribution in [0.2, 0.25) is 25.4 Å². The first-order chi connectivity index (χ1) is 18.7. The number of aromatic amines is 1. The maximum Gasteiger partial charge on any atom is 0.215 e. The van der Waals surface area contributed by atoms with E-state index in [2.05, 4.69) is 4.98 Å². The minimum Gasteiger partial charge on any atom is -0.496 e. The van der Waals surface area contributed by atoms with E-state index in [-0.39, 0.29) is 59.3 Å². The first-order valence-corrected chi connectivity index (χ1v) is 13.2. The number of benzene rings is 3. The molecule has 5 aromatic rings. The van der Waals surface area contributed by atoms with Gasteiger partial charge in [-0.15, -0.1) is 0 Å². The van der Waals surface area contributed by atoms with E-state index in [9.17, 15) is 9.59 Å². The average Bonchev–Trinajstić information content (AvgIpc) is 3.41. The lowest BCUT2D eigenvalue weighted by Crippen LogP contribution is -2.14. The number of nitrogens with zero attached hydrogens (tertiary/aromatic N) is 1. The summed E-state index contributed by atoms with van der Waals surface area (Å²) in [6.45, 7) is 0. The van der Waals surface area contributed by atoms with Crippen LogP contribution in [0.25, 0.3) is 16.5 Å². The number of hydrogen-bond donors (Lipinski definition) is 1. The van der Waals surface area contributed by atoms with Crippen molar-refractivity contribution in [2.45, 2.75) is 0 Å². The summed E-state index contributed by atoms with van der Waals surface area (Å²) in [6.07, 6.45) is 0. The van der Waals surface area contributed by atoms with Crippen LogP contribution in [0.15, 0.2) is 60.7 Å². The van der Waals surface area contributed by atoms with Gasteiger partial charge in [-0.2, -0.15) is 0 Å². The van der Waals surface area contributed by atoms with E-state index in [0.29, 0.717) is 11.1 Å². The number of carbonyl (C=O) groups excluding carboxylic acids is 2. The minimum atomic E-state index is -0.530. The summed E-state index contributed by atoms with van der Waals surface area (Å²) in [7, 11) is 2.86. The molecule has 0 bridgehead atoms. The highest BCUT2D eigenvalue weighted by Gasteiger charge is 2.31. The van der Waals surface area contributed by atoms with Crippen LogP contribution in [-0.2, 0) is 0 Å². The molecule has 0 amide bonds. The minimum absolute atomic E-state index is 0.00120. The molecule has 1 N–H and O–H groups in total. The number of H-pyrrole nitrogens is 1. The van der Waals surface area contributed by atoms with Gasteiger partial charge in [0.1, 0.15) is 32.5 Å². The first kappa shape index (κ1) is 27.4. The van der Waals surface area contributed by atoms with Crippen molar-refractivity contribution in [3.63, 3.8) is 0 Å². The smallest absolute Gasteiger partial charge is 0.215 e. The number of halogens is 5. The van der Waals surface area contributed by atoms with Crippen LogP contribution < -0.4 is 9.47 Å². The second kappa shape index (κ2) is 10.8. The Labute approximate surface area is 247 Å². The highest BCUT2D eigenvalue weighted by Crippen LogP contribution is 2.42. The second-order valence-electron chi connectivity index (χ2n) is 8.33. The largest absolute Gasteiger partial charge is 0.496 e. The quantitative estimate of drug-likeness (QED) is 0.184. The molecule has 6 nitrogen and oxygen atoms in total. The van der Waals surface area contributed by atoms with Crippen molar-refractivity contribution in [2.24, 2.45) is 0 Å². The number of hydrogen-bond acceptors (Lipinski definition) is 4. The van der Waals surface area contributed by atoms with Crippen molar-refractivity contribution >= 4 is 80.3 Å². The van der Waals surface area contributed by atoms with Crippen molar-refractivity contribution in [3.05, 3.63) is 109 Å². The standard InChI is InChI=1S/C28H17Cl5N2O4/c1-38-19-10-6-5-9-15(19)25(37)22-23(21(31)27(32)34-22)35-18(12-17(29)28(35)33)24(36)16-11-13-7-3-4-8-14(13)20(30)26(16)39-2/h3-12,34H,1-2H3. The van der Waals surface area contributed by atoms with Crippen molar-refractivity contribution in [1.82, 2.24) is 9.55 Å². The number of ketones is 2. The zero-order valence-electron chi connectivity index (χ0n) is 20.2. The Morgan fingerprint density at radius 3 is 2.21 bits per heavy atom. The fourth-order valence-electron chi connectivity index (χ4n) is 4.41. The number of ether oxygens (including phenoxy) is 2. The molecule has 198 valence electrons. The normalized spacial score (nSPS) is 11.2. The third kappa shape index (κ3) is 4.56. The molecule has 0 saturated carbocycles. The summed E-state index contributed by atoms with van der Waals surface area (Å²) < 4.78 is 12.2. The molecule has 11 heteroatoms. The number of fused-ring (bicyclic) bond motifs is 1. The van der Waals surface area contributed by atoms with E-state index in [1.165, 1.54) is 24.9 Å². The Morgan fingerprint density at radius 1 is 0.795 bits per heavy atom. The van der Waals surface area contributed by atoms with Gasteiger partial charge < -0.3 is 14.5 Å². The SMILES string of the molecule is COc1ccccc1C(=O)c1[nH]c(Cl)c(Cl)c1-n1c(C(=O)c2cc3ccccc3c(Cl)c2OC)cc(Cl)c1Cl. The molecule has 0 fully saturated rings. The van der Waals surface area contributed by atoms with Crippen LogP contribution in [0.4, 0.5) is 0 Å². The van der Waals surface area contributed by atoms with Crippen LogP contribution >= 0.6 is 58.0 Å². The summed E-state index contributed by atoms with van der Waals surface area (Å²) >= 11 is 32.6. The fourth-order valence-corrected chi connectivity index (χ4v) is 5.59. The monoisotopic (exact) mass is 620 g/mol. The third-order valence-corrected chi connectivity index (χ3v) is 8.08. The average molecular weight is 623 g/mol. The lowest BCUT2D eigenvalue weighted by molar-refractivity contribution is 0.101. The van der Waals surface area contributed by atoms with E-state index in [1.54, 1.807) is 30.3 Å². The first-order valence-electron chi connectivity index (χ1n) is 11.3. The lowest BCUT2D eigenvalue weighted by atomic mass is 10.0. The number of carbonyl (C=O) groups is 2. The molecule has 2 aromatic heterocycles. The molecule has 0 aliphatic carbocycles. The molecule has 3 aromatic carbocycles. The fraction of sp³-hybridized carbons (Fsp3) is 0.0714. The van der Waals surface area contributed by atoms with Gasteiger partial charge in [0.2, 0.25) is 11.6 Å². The number of nitrogens with one attached hydrogen (secondary N) is 1. The van der Waals surface area contributed by atoms with Gasteiger partial charge in [-0.3, -0.25) is 14.2 Å². The summed E-state index contributed by atoms with van der Waals surface area (Å²) in [5, 5.41) is 1.62. The highest BCUT2D eigenvalue weighted by atomic mass is 35.5. The number of rotatable bonds is 7. The molecule has 0 saturated heterocycles. The van der Waals surface area contributed by atoms with Crippen molar-refractivity contribution in [3.8, 4) is 17.2 Å². The number of methoxy groups -OCH3 is 2. The van der Waals surface area contributed by atoms with E-state index in [1.807, 2.05) is 24.3 Å². The van der Waals surface area contributed by atoms with E-state index >= 15 is 0 Å². The van der Waals surface area contributed by atoms with Gasteiger partial charge in [-0.05, 0) is 29.7 Å². The van der Waals surface area contributed by atoms with Crippen molar-refractivity contribution in [2.75, 3.05) is 14.2 Å². The maximum absolute atomic E-state index is 14.1. The molecule has 0 atom stereocenters. The van der Waals surface area contributed by atoms with Gasteiger partial charge in [-0.25, -0.2) is 0 Å². The van der Waals surface area contributed by atoms with Crippen LogP contribution in [0.5, 0.6) is 11.5 Å². The topological polar surface area (TPSA) is 73.3 Å². The zero-order valence-corrected chi connectivity index (χ0v) is 24.0. The second-order valence-corrected chi connectivity index (χ2v) is 10.2. The zero-order chi connectivity index (χ0) is 28.0. The highest BCUT2D eigenvalue weighted by molar-refractivity contribution is 6.45. The maximum atomic E-state index is 14.1. The Morgan fingerprint density at radius 2 is 1.49 bits per heavy atom. The van der Waals surface area contributed by atoms with Crippen LogP contribution in [0, 0.1) is 0 Å². The van der Waals surface area contributed by atoms with Crippen molar-refractivity contribution in [1.29, 1.82) is 0 Å². The molecule has 39 heavy (non-hydrogen) atoms. The van der Waals surface area contributed by atoms with Gasteiger partial charge in [-0.1, -0.05) is 94.4 Å². The Balaban J connectivity index is 1.75. The predicted octanol–water partition coefficient (Wildman–Crippen LogP) is 8.70. The summed E-state index contributed by atoms with van der Waals surface area (Å²) in [5.41, 5.74) is 0.413. The molecule has 0 aliphatic rings. The lowest BCUT2D eigenvalue weighted by Gasteiger charge is -2.15. The van der Waals surface area contributed by atoms with Gasteiger partial charge in [0.25, 0.3) is 0 Å². The van der Waals surface area contributed by atoms with Gasteiger partial charge in [0.15, 0.2) is 0 Å². The molecular weight excluding hydrogens is 606 g/mol. The Bertz CT molecular complexity index is 1790. The predicted molar refractivity (Wildman–Crippen MR) is 156 cm³/mol. The summed E-state index contributed by atoms with van der Waals surface area (Å²) in [6, 6.07) is 17.0. The van der Waals surface area contributed by atoms with E-state index in [0.717, 1.165) is 5.39 Å². The molecule has 0 aliphatic heterocycles. The molecule has 5 rings (SSSR count). The van der Waals surface area contributed by atoms with Gasteiger partial charge >= 0.3 is 0 Å². The Hall–Kier alpha value is -3.13. The Kier molecular flexibility index (Phi) is 7.60. The van der Waals surface area contributed by atoms with E-state index in [4.69, 9.17) is 67.5 Å². The molecular formula is C28H17Cl5N2O4. The van der Waals surface area contributed by atoms with E-state index < -0.39 is 11.6 Å². The van der Waals surface area contributed by atoms with Crippen LogP contribution in [-0.4, -0.2) is 35.3 Å². The molecule has 2 heterocycles. The third-order valence-electron chi connectivity index (χ3n) is 6.19. The van der Waals surface area contributed by atoms with Crippen LogP contribution in [0.1, 0.15) is 32.1 Å². The van der Waals surface area contributed by atoms with Gasteiger partial charge in [0, 0.05) is 5.39 Å². The summed E-state index contributed by atoms with van der Waals surface area (Å²) in [4.78, 5) is 30.6. The molecule has 0 radical (unpaired) electrons. The summed E-state index contributed by atoms with van der Waals surface area (Å²) in [5.74, 6) is -0.526. The van der Waals surface area contributed by atoms with Crippen LogP contribution in [0.3, 0.4) is 0 Å². The number of para-hydroxylation sites is 1. The number of aromatic nitrogens is 2. The van der Waals surface area contributed by atoms with Crippen molar-refractivity contribution < 1.29 is 19.1 Å². The molecule has 0 spiro atoms. The molecule has 0 unspecified atom stereocenters. The van der Waals surface area contributed by atoms with Gasteiger partial charge in [0.05, 0.1) is 46.8 Å².